The van der Waals surface area contributed by atoms with Crippen molar-refractivity contribution in [3.63, 3.8) is 0 Å². The second-order valence-electron chi connectivity index (χ2n) is 3.11. The largest absolute Gasteiger partial charge is 0.574 e. The third-order valence-corrected chi connectivity index (χ3v) is 2.01. The number of nitrogens with zero attached hydrogens (tertiary/aromatic N) is 1. The zero-order chi connectivity index (χ0) is 13.9. The quantitative estimate of drug-likeness (QED) is 0.784. The normalized spacial score (nSPS) is 11.2. The van der Waals surface area contributed by atoms with E-state index in [1.807, 2.05) is 0 Å². The van der Waals surface area contributed by atoms with E-state index < -0.39 is 23.9 Å². The minimum absolute atomic E-state index is 0.0175. The molecule has 1 aromatic rings. The maximum absolute atomic E-state index is 12.0. The Morgan fingerprint density at radius 1 is 1.50 bits per heavy atom. The molecule has 0 saturated carbocycles. The first-order valence-corrected chi connectivity index (χ1v) is 4.61. The summed E-state index contributed by atoms with van der Waals surface area (Å²) in [6, 6.07) is 0. The molecule has 0 amide bonds. The van der Waals surface area contributed by atoms with Crippen molar-refractivity contribution >= 4 is 11.7 Å². The topological polar surface area (TPSA) is 100 Å². The van der Waals surface area contributed by atoms with Gasteiger partial charge in [0.1, 0.15) is 5.69 Å². The van der Waals surface area contributed by atoms with Crippen molar-refractivity contribution in [2.75, 3.05) is 12.8 Å². The molecule has 0 fully saturated rings. The van der Waals surface area contributed by atoms with Gasteiger partial charge in [0.25, 0.3) is 0 Å². The van der Waals surface area contributed by atoms with Crippen molar-refractivity contribution in [2.45, 2.75) is 12.9 Å². The lowest BCUT2D eigenvalue weighted by Gasteiger charge is -2.14. The Morgan fingerprint density at radius 2 is 2.11 bits per heavy atom. The Balaban J connectivity index is 3.24. The number of halogens is 3. The molecule has 0 aliphatic carbocycles. The van der Waals surface area contributed by atoms with Crippen LogP contribution in [0.15, 0.2) is 6.20 Å². The lowest BCUT2D eigenvalue weighted by molar-refractivity contribution is -0.275. The fraction of sp³-hybridized carbons (Fsp3) is 0.333. The number of alkyl halides is 3. The maximum atomic E-state index is 12.0. The molecule has 6 nitrogen and oxygen atoms in total. The van der Waals surface area contributed by atoms with Gasteiger partial charge in [0.15, 0.2) is 0 Å². The van der Waals surface area contributed by atoms with Crippen LogP contribution in [-0.4, -0.2) is 24.4 Å². The smallest absolute Gasteiger partial charge is 0.465 e. The summed E-state index contributed by atoms with van der Waals surface area (Å²) in [5, 5.41) is 0. The molecular weight excluding hydrogens is 255 g/mol. The Labute approximate surface area is 99.7 Å². The number of aromatic nitrogens is 1. The Morgan fingerprint density at radius 3 is 2.56 bits per heavy atom. The summed E-state index contributed by atoms with van der Waals surface area (Å²) in [5.41, 5.74) is 10.2. The van der Waals surface area contributed by atoms with Gasteiger partial charge in [0.05, 0.1) is 12.7 Å². The summed E-state index contributed by atoms with van der Waals surface area (Å²) in [6.07, 6.45) is -4.06. The van der Waals surface area contributed by atoms with Crippen LogP contribution in [0.4, 0.5) is 18.9 Å². The molecule has 1 aromatic heterocycles. The first-order chi connectivity index (χ1) is 8.30. The van der Waals surface area contributed by atoms with Gasteiger partial charge in [0, 0.05) is 18.3 Å². The highest BCUT2D eigenvalue weighted by molar-refractivity contribution is 5.92. The molecule has 4 N–H and O–H groups in total. The molecule has 0 aliphatic heterocycles. The van der Waals surface area contributed by atoms with Crippen LogP contribution >= 0.6 is 0 Å². The highest BCUT2D eigenvalue weighted by Crippen LogP contribution is 2.30. The first-order valence-electron chi connectivity index (χ1n) is 4.61. The van der Waals surface area contributed by atoms with Crippen LogP contribution in [0.3, 0.4) is 0 Å². The monoisotopic (exact) mass is 265 g/mol. The van der Waals surface area contributed by atoms with Gasteiger partial charge in [-0.05, 0) is 0 Å². The Bertz CT molecular complexity index is 462. The van der Waals surface area contributed by atoms with Gasteiger partial charge in [0.2, 0.25) is 5.88 Å². The fourth-order valence-electron chi connectivity index (χ4n) is 1.24. The van der Waals surface area contributed by atoms with Gasteiger partial charge < -0.3 is 20.9 Å². The van der Waals surface area contributed by atoms with Gasteiger partial charge in [-0.3, -0.25) is 0 Å². The average Bonchev–Trinajstić information content (AvgIpc) is 2.28. The Hall–Kier alpha value is -2.03. The lowest BCUT2D eigenvalue weighted by Crippen LogP contribution is -2.21. The number of ether oxygens (including phenoxy) is 2. The number of rotatable bonds is 3. The van der Waals surface area contributed by atoms with Gasteiger partial charge >= 0.3 is 12.3 Å². The molecule has 0 radical (unpaired) electrons. The summed E-state index contributed by atoms with van der Waals surface area (Å²) in [6.45, 7) is -0.257. The van der Waals surface area contributed by atoms with Crippen LogP contribution in [0.5, 0.6) is 5.88 Å². The molecular formula is C9H10F3N3O3. The average molecular weight is 265 g/mol. The van der Waals surface area contributed by atoms with E-state index in [1.54, 1.807) is 0 Å². The van der Waals surface area contributed by atoms with E-state index in [-0.39, 0.29) is 17.7 Å². The molecule has 0 bridgehead atoms. The SMILES string of the molecule is COC(=O)c1cnc(OC(F)(F)F)c(N)c1CN. The standard InChI is InChI=1S/C9H10F3N3O3/c1-17-8(16)5-3-15-7(18-9(10,11)12)6(14)4(5)2-13/h3H,2,13-14H2,1H3. The van der Waals surface area contributed by atoms with Crippen molar-refractivity contribution in [3.8, 4) is 5.88 Å². The van der Waals surface area contributed by atoms with Gasteiger partial charge in [-0.25, -0.2) is 9.78 Å². The van der Waals surface area contributed by atoms with Gasteiger partial charge in [-0.15, -0.1) is 13.2 Å². The highest BCUT2D eigenvalue weighted by atomic mass is 19.4. The molecule has 9 heteroatoms. The van der Waals surface area contributed by atoms with Gasteiger partial charge in [-0.1, -0.05) is 0 Å². The van der Waals surface area contributed by atoms with Crippen LogP contribution in [0, 0.1) is 0 Å². The Kier molecular flexibility index (Phi) is 3.96. The van der Waals surface area contributed by atoms with Crippen molar-refractivity contribution in [2.24, 2.45) is 5.73 Å². The van der Waals surface area contributed by atoms with Crippen molar-refractivity contribution in [1.29, 1.82) is 0 Å². The van der Waals surface area contributed by atoms with E-state index in [4.69, 9.17) is 11.5 Å². The number of hydrogen-bond donors (Lipinski definition) is 2. The third kappa shape index (κ3) is 3.00. The predicted molar refractivity (Wildman–Crippen MR) is 54.6 cm³/mol. The molecule has 18 heavy (non-hydrogen) atoms. The summed E-state index contributed by atoms with van der Waals surface area (Å²) in [7, 11) is 1.11. The fourth-order valence-corrected chi connectivity index (χ4v) is 1.24. The summed E-state index contributed by atoms with van der Waals surface area (Å²) in [5.74, 6) is -1.65. The number of pyridine rings is 1. The van der Waals surface area contributed by atoms with Crippen molar-refractivity contribution < 1.29 is 27.4 Å². The number of carbonyl (C=O) groups excluding carboxylic acids is 1. The number of carbonyl (C=O) groups is 1. The number of esters is 1. The number of anilines is 1. The van der Waals surface area contributed by atoms with E-state index in [1.165, 1.54) is 0 Å². The predicted octanol–water partition coefficient (Wildman–Crippen LogP) is 0.808. The number of nitrogen functional groups attached to an aromatic ring is 1. The zero-order valence-electron chi connectivity index (χ0n) is 9.25. The van der Waals surface area contributed by atoms with E-state index in [9.17, 15) is 18.0 Å². The van der Waals surface area contributed by atoms with Crippen LogP contribution in [-0.2, 0) is 11.3 Å². The zero-order valence-corrected chi connectivity index (χ0v) is 9.25. The summed E-state index contributed by atoms with van der Waals surface area (Å²) in [4.78, 5) is 14.6. The second kappa shape index (κ2) is 5.08. The molecule has 0 aromatic carbocycles. The molecule has 0 atom stereocenters. The molecule has 1 heterocycles. The van der Waals surface area contributed by atoms with Crippen LogP contribution in [0.25, 0.3) is 0 Å². The molecule has 100 valence electrons. The molecule has 0 aliphatic rings. The van der Waals surface area contributed by atoms with Crippen molar-refractivity contribution in [1.82, 2.24) is 4.98 Å². The highest BCUT2D eigenvalue weighted by Gasteiger charge is 2.33. The van der Waals surface area contributed by atoms with E-state index in [0.717, 1.165) is 13.3 Å². The molecule has 0 unspecified atom stereocenters. The summed E-state index contributed by atoms with van der Waals surface area (Å²) < 4.78 is 44.1. The van der Waals surface area contributed by atoms with Crippen molar-refractivity contribution in [3.05, 3.63) is 17.3 Å². The van der Waals surface area contributed by atoms with Crippen LogP contribution in [0.2, 0.25) is 0 Å². The van der Waals surface area contributed by atoms with E-state index >= 15 is 0 Å². The lowest BCUT2D eigenvalue weighted by atomic mass is 10.1. The second-order valence-corrected chi connectivity index (χ2v) is 3.11. The number of hydrogen-bond acceptors (Lipinski definition) is 6. The van der Waals surface area contributed by atoms with E-state index in [2.05, 4.69) is 14.5 Å². The molecule has 0 spiro atoms. The molecule has 0 saturated heterocycles. The van der Waals surface area contributed by atoms with Gasteiger partial charge in [-0.2, -0.15) is 0 Å². The maximum Gasteiger partial charge on any atom is 0.574 e. The van der Waals surface area contributed by atoms with Crippen LogP contribution in [0.1, 0.15) is 15.9 Å². The van der Waals surface area contributed by atoms with E-state index in [0.29, 0.717) is 0 Å². The number of methoxy groups -OCH3 is 1. The minimum Gasteiger partial charge on any atom is -0.465 e. The minimum atomic E-state index is -4.93. The van der Waals surface area contributed by atoms with Crippen LogP contribution < -0.4 is 16.2 Å². The molecule has 1 rings (SSSR count). The third-order valence-electron chi connectivity index (χ3n) is 2.01. The summed E-state index contributed by atoms with van der Waals surface area (Å²) >= 11 is 0. The first kappa shape index (κ1) is 14.0. The number of nitrogens with two attached hydrogens (primary N) is 2.